The van der Waals surface area contributed by atoms with Gasteiger partial charge < -0.3 is 0 Å². The molecule has 1 N–H and O–H groups in total. The van der Waals surface area contributed by atoms with Gasteiger partial charge in [-0.2, -0.15) is 0 Å². The monoisotopic (exact) mass is 419 g/mol. The van der Waals surface area contributed by atoms with Crippen LogP contribution in [0.2, 0.25) is 0 Å². The summed E-state index contributed by atoms with van der Waals surface area (Å²) in [6.07, 6.45) is 0. The van der Waals surface area contributed by atoms with E-state index < -0.39 is 21.5 Å². The van der Waals surface area contributed by atoms with Gasteiger partial charge in [0.1, 0.15) is 0 Å². The molecule has 0 aromatic heterocycles. The highest BCUT2D eigenvalue weighted by Crippen LogP contribution is 2.41. The second-order valence-electron chi connectivity index (χ2n) is 8.50. The molecule has 0 bridgehead atoms. The first-order chi connectivity index (χ1) is 12.8. The van der Waals surface area contributed by atoms with Crippen LogP contribution >= 0.6 is 11.8 Å². The van der Waals surface area contributed by atoms with E-state index in [0.717, 1.165) is 11.1 Å². The van der Waals surface area contributed by atoms with Crippen LogP contribution in [0, 0.1) is 12.3 Å². The predicted octanol–water partition coefficient (Wildman–Crippen LogP) is 5.10. The molecule has 0 aliphatic rings. The Kier molecular flexibility index (Phi) is 6.79. The van der Waals surface area contributed by atoms with Gasteiger partial charge in [0.2, 0.25) is 10.0 Å². The highest BCUT2D eigenvalue weighted by atomic mass is 32.2. The Balaban J connectivity index is 2.46. The first-order valence-electron chi connectivity index (χ1n) is 9.20. The van der Waals surface area contributed by atoms with E-state index in [1.165, 1.54) is 11.8 Å². The molecular weight excluding hydrogens is 390 g/mol. The second kappa shape index (κ2) is 8.39. The summed E-state index contributed by atoms with van der Waals surface area (Å²) in [6.45, 7) is 11.4. The van der Waals surface area contributed by atoms with Gasteiger partial charge in [0, 0.05) is 4.75 Å². The average molecular weight is 420 g/mol. The second-order valence-corrected chi connectivity index (χ2v) is 12.0. The van der Waals surface area contributed by atoms with Crippen molar-refractivity contribution in [2.24, 2.45) is 5.41 Å². The summed E-state index contributed by atoms with van der Waals surface area (Å²) < 4.78 is 28.6. The molecular formula is C22H29NO3S2. The molecule has 28 heavy (non-hydrogen) atoms. The maximum Gasteiger partial charge on any atom is 0.241 e. The van der Waals surface area contributed by atoms with Crippen LogP contribution in [-0.2, 0) is 14.8 Å². The molecule has 1 atom stereocenters. The van der Waals surface area contributed by atoms with Crippen LogP contribution in [0.25, 0.3) is 0 Å². The number of aryl methyl sites for hydroxylation is 1. The standard InChI is InChI=1S/C22H29NO3S2/c1-16-12-14-18(15-13-16)28(25,26)23-19(17-10-8-7-9-11-17)22(5,6)20(24)27-21(2,3)4/h7-15,19,23H,1-6H3. The van der Waals surface area contributed by atoms with Crippen molar-refractivity contribution in [1.82, 2.24) is 4.72 Å². The molecule has 0 aliphatic carbocycles. The third-order valence-corrected chi connectivity index (χ3v) is 7.15. The number of thioether (sulfide) groups is 1. The van der Waals surface area contributed by atoms with Crippen LogP contribution in [0.3, 0.4) is 0 Å². The molecule has 2 rings (SSSR count). The summed E-state index contributed by atoms with van der Waals surface area (Å²) in [4.78, 5) is 13.3. The Labute approximate surface area is 173 Å². The lowest BCUT2D eigenvalue weighted by Crippen LogP contribution is -2.42. The summed E-state index contributed by atoms with van der Waals surface area (Å²) in [5.74, 6) is 0. The Morgan fingerprint density at radius 2 is 1.46 bits per heavy atom. The number of benzene rings is 2. The van der Waals surface area contributed by atoms with Gasteiger partial charge in [0.15, 0.2) is 5.12 Å². The van der Waals surface area contributed by atoms with Gasteiger partial charge in [0.25, 0.3) is 0 Å². The number of nitrogens with one attached hydrogen (secondary N) is 1. The molecule has 2 aromatic rings. The Hall–Kier alpha value is -1.63. The number of carbonyl (C=O) groups excluding carboxylic acids is 1. The number of rotatable bonds is 6. The first kappa shape index (κ1) is 22.7. The molecule has 0 amide bonds. The molecule has 1 unspecified atom stereocenters. The minimum absolute atomic E-state index is 0.0551. The van der Waals surface area contributed by atoms with Crippen molar-refractivity contribution in [1.29, 1.82) is 0 Å². The van der Waals surface area contributed by atoms with E-state index in [1.807, 2.05) is 58.0 Å². The zero-order valence-corrected chi connectivity index (χ0v) is 18.9. The molecule has 6 heteroatoms. The van der Waals surface area contributed by atoms with Crippen molar-refractivity contribution in [3.63, 3.8) is 0 Å². The van der Waals surface area contributed by atoms with Gasteiger partial charge in [-0.15, -0.1) is 0 Å². The van der Waals surface area contributed by atoms with Crippen LogP contribution in [0.4, 0.5) is 0 Å². The molecule has 2 aromatic carbocycles. The van der Waals surface area contributed by atoms with E-state index in [4.69, 9.17) is 0 Å². The summed E-state index contributed by atoms with van der Waals surface area (Å²) >= 11 is 1.24. The summed E-state index contributed by atoms with van der Waals surface area (Å²) in [7, 11) is -3.80. The zero-order chi connectivity index (χ0) is 21.2. The van der Waals surface area contributed by atoms with E-state index in [-0.39, 0.29) is 14.8 Å². The molecule has 0 heterocycles. The minimum Gasteiger partial charge on any atom is -0.287 e. The summed E-state index contributed by atoms with van der Waals surface area (Å²) in [6, 6.07) is 15.3. The number of carbonyl (C=O) groups is 1. The molecule has 0 fully saturated rings. The van der Waals surface area contributed by atoms with Crippen molar-refractivity contribution in [3.05, 3.63) is 65.7 Å². The molecule has 152 valence electrons. The maximum absolute atomic E-state index is 13.1. The van der Waals surface area contributed by atoms with Gasteiger partial charge in [-0.3, -0.25) is 4.79 Å². The van der Waals surface area contributed by atoms with Crippen molar-refractivity contribution < 1.29 is 13.2 Å². The lowest BCUT2D eigenvalue weighted by molar-refractivity contribution is -0.119. The number of sulfonamides is 1. The Morgan fingerprint density at radius 1 is 0.929 bits per heavy atom. The molecule has 0 saturated heterocycles. The van der Waals surface area contributed by atoms with E-state index in [9.17, 15) is 13.2 Å². The van der Waals surface area contributed by atoms with Gasteiger partial charge in [-0.05, 0) is 24.6 Å². The SMILES string of the molecule is Cc1ccc(S(=O)(=O)NC(c2ccccc2)C(C)(C)C(=O)SC(C)(C)C)cc1. The first-order valence-corrected chi connectivity index (χ1v) is 11.5. The normalized spacial score (nSPS) is 13.9. The van der Waals surface area contributed by atoms with Gasteiger partial charge in [-0.1, -0.05) is 94.4 Å². The van der Waals surface area contributed by atoms with Crippen LogP contribution in [0.15, 0.2) is 59.5 Å². The molecule has 0 saturated carbocycles. The highest BCUT2D eigenvalue weighted by molar-refractivity contribution is 8.14. The molecule has 0 spiro atoms. The smallest absolute Gasteiger partial charge is 0.241 e. The number of hydrogen-bond donors (Lipinski definition) is 1. The summed E-state index contributed by atoms with van der Waals surface area (Å²) in [5.41, 5.74) is 0.790. The van der Waals surface area contributed by atoms with Crippen LogP contribution in [0.1, 0.15) is 51.8 Å². The van der Waals surface area contributed by atoms with E-state index in [0.29, 0.717) is 0 Å². The minimum atomic E-state index is -3.80. The Bertz CT molecular complexity index is 913. The van der Waals surface area contributed by atoms with Gasteiger partial charge in [0.05, 0.1) is 16.4 Å². The van der Waals surface area contributed by atoms with Crippen molar-refractivity contribution in [3.8, 4) is 0 Å². The van der Waals surface area contributed by atoms with Crippen LogP contribution in [0.5, 0.6) is 0 Å². The highest BCUT2D eigenvalue weighted by Gasteiger charge is 2.41. The molecule has 0 radical (unpaired) electrons. The van der Waals surface area contributed by atoms with Crippen molar-refractivity contribution in [2.75, 3.05) is 0 Å². The third kappa shape index (κ3) is 5.69. The van der Waals surface area contributed by atoms with E-state index in [1.54, 1.807) is 38.1 Å². The topological polar surface area (TPSA) is 63.2 Å². The zero-order valence-electron chi connectivity index (χ0n) is 17.3. The number of hydrogen-bond acceptors (Lipinski definition) is 4. The third-order valence-electron chi connectivity index (χ3n) is 4.38. The molecule has 0 aliphatic heterocycles. The quantitative estimate of drug-likeness (QED) is 0.708. The van der Waals surface area contributed by atoms with Crippen molar-refractivity contribution >= 4 is 26.9 Å². The molecule has 4 nitrogen and oxygen atoms in total. The fourth-order valence-corrected chi connectivity index (χ4v) is 5.05. The van der Waals surface area contributed by atoms with Crippen LogP contribution < -0.4 is 4.72 Å². The Morgan fingerprint density at radius 3 is 1.96 bits per heavy atom. The predicted molar refractivity (Wildman–Crippen MR) is 117 cm³/mol. The maximum atomic E-state index is 13.1. The van der Waals surface area contributed by atoms with E-state index in [2.05, 4.69) is 4.72 Å². The van der Waals surface area contributed by atoms with Gasteiger partial charge >= 0.3 is 0 Å². The fourth-order valence-electron chi connectivity index (χ4n) is 2.75. The van der Waals surface area contributed by atoms with Gasteiger partial charge in [-0.25, -0.2) is 13.1 Å². The largest absolute Gasteiger partial charge is 0.287 e. The summed E-state index contributed by atoms with van der Waals surface area (Å²) in [5, 5.41) is -0.0551. The van der Waals surface area contributed by atoms with Crippen LogP contribution in [-0.4, -0.2) is 18.3 Å². The lowest BCUT2D eigenvalue weighted by atomic mass is 9.82. The lowest BCUT2D eigenvalue weighted by Gasteiger charge is -2.35. The van der Waals surface area contributed by atoms with Crippen molar-refractivity contribution in [2.45, 2.75) is 57.2 Å². The fraction of sp³-hybridized carbons (Fsp3) is 0.409. The van der Waals surface area contributed by atoms with E-state index >= 15 is 0 Å². The average Bonchev–Trinajstić information content (AvgIpc) is 2.59.